The molecule has 0 aromatic heterocycles. The number of esters is 1. The van der Waals surface area contributed by atoms with E-state index in [0.717, 1.165) is 4.47 Å². The first-order valence-electron chi connectivity index (χ1n) is 7.21. The topological polar surface area (TPSA) is 55.8 Å². The van der Waals surface area contributed by atoms with Crippen molar-refractivity contribution in [2.75, 3.05) is 26.8 Å². The molecule has 0 saturated heterocycles. The standard InChI is InChI=1S/C16H22BrNO4/c1-4-18(11-12(2)16(20)21-3)15(19)8-9-22-14-7-5-6-13(17)10-14/h5-7,10,12H,4,8-9,11H2,1-3H3. The lowest BCUT2D eigenvalue weighted by atomic mass is 10.1. The third-order valence-electron chi connectivity index (χ3n) is 3.21. The number of carbonyl (C=O) groups is 2. The molecule has 1 atom stereocenters. The molecule has 1 rings (SSSR count). The number of methoxy groups -OCH3 is 1. The number of rotatable bonds is 8. The molecule has 1 aromatic rings. The van der Waals surface area contributed by atoms with E-state index in [4.69, 9.17) is 4.74 Å². The van der Waals surface area contributed by atoms with E-state index in [9.17, 15) is 9.59 Å². The molecule has 1 aromatic carbocycles. The number of hydrogen-bond donors (Lipinski definition) is 0. The van der Waals surface area contributed by atoms with Gasteiger partial charge in [0.2, 0.25) is 5.91 Å². The fraction of sp³-hybridized carbons (Fsp3) is 0.500. The first-order chi connectivity index (χ1) is 10.5. The molecule has 0 fully saturated rings. The van der Waals surface area contributed by atoms with E-state index in [0.29, 0.717) is 25.4 Å². The number of carbonyl (C=O) groups excluding carboxylic acids is 2. The minimum absolute atomic E-state index is 0.0340. The fourth-order valence-corrected chi connectivity index (χ4v) is 2.36. The van der Waals surface area contributed by atoms with E-state index >= 15 is 0 Å². The highest BCUT2D eigenvalue weighted by molar-refractivity contribution is 9.10. The molecule has 0 N–H and O–H groups in total. The van der Waals surface area contributed by atoms with Crippen LogP contribution in [0.4, 0.5) is 0 Å². The van der Waals surface area contributed by atoms with Gasteiger partial charge in [0.05, 0.1) is 26.1 Å². The van der Waals surface area contributed by atoms with Crippen LogP contribution >= 0.6 is 15.9 Å². The minimum atomic E-state index is -0.333. The predicted octanol–water partition coefficient (Wildman–Crippen LogP) is 2.88. The molecule has 0 spiro atoms. The van der Waals surface area contributed by atoms with Crippen LogP contribution in [0, 0.1) is 5.92 Å². The first-order valence-corrected chi connectivity index (χ1v) is 8.01. The van der Waals surface area contributed by atoms with Gasteiger partial charge in [-0.15, -0.1) is 0 Å². The van der Waals surface area contributed by atoms with Gasteiger partial charge in [0.25, 0.3) is 0 Å². The monoisotopic (exact) mass is 371 g/mol. The lowest BCUT2D eigenvalue weighted by Crippen LogP contribution is -2.37. The Balaban J connectivity index is 2.43. The Hall–Kier alpha value is -1.56. The fourth-order valence-electron chi connectivity index (χ4n) is 1.98. The average Bonchev–Trinajstić information content (AvgIpc) is 2.51. The second-order valence-electron chi connectivity index (χ2n) is 4.91. The molecule has 0 aliphatic rings. The van der Waals surface area contributed by atoms with Crippen LogP contribution in [0.2, 0.25) is 0 Å². The molecule has 22 heavy (non-hydrogen) atoms. The van der Waals surface area contributed by atoms with Crippen molar-refractivity contribution < 1.29 is 19.1 Å². The van der Waals surface area contributed by atoms with Gasteiger partial charge in [0, 0.05) is 17.6 Å². The normalized spacial score (nSPS) is 11.6. The van der Waals surface area contributed by atoms with Gasteiger partial charge in [0.1, 0.15) is 5.75 Å². The Morgan fingerprint density at radius 3 is 2.68 bits per heavy atom. The molecule has 0 radical (unpaired) electrons. The number of hydrogen-bond acceptors (Lipinski definition) is 4. The SMILES string of the molecule is CCN(CC(C)C(=O)OC)C(=O)CCOc1cccc(Br)c1. The van der Waals surface area contributed by atoms with Crippen LogP contribution < -0.4 is 4.74 Å². The Morgan fingerprint density at radius 1 is 1.36 bits per heavy atom. The Labute approximate surface area is 139 Å². The van der Waals surface area contributed by atoms with Crippen molar-refractivity contribution in [3.05, 3.63) is 28.7 Å². The summed E-state index contributed by atoms with van der Waals surface area (Å²) in [5.41, 5.74) is 0. The van der Waals surface area contributed by atoms with Gasteiger partial charge in [0.15, 0.2) is 0 Å². The zero-order valence-corrected chi connectivity index (χ0v) is 14.8. The van der Waals surface area contributed by atoms with Crippen molar-refractivity contribution in [1.82, 2.24) is 4.90 Å². The lowest BCUT2D eigenvalue weighted by Gasteiger charge is -2.23. The highest BCUT2D eigenvalue weighted by Crippen LogP contribution is 2.17. The van der Waals surface area contributed by atoms with Gasteiger partial charge >= 0.3 is 5.97 Å². The molecule has 6 heteroatoms. The molecular formula is C16H22BrNO4. The summed E-state index contributed by atoms with van der Waals surface area (Å²) in [6.07, 6.45) is 0.272. The van der Waals surface area contributed by atoms with Gasteiger partial charge in [-0.25, -0.2) is 0 Å². The van der Waals surface area contributed by atoms with E-state index in [1.807, 2.05) is 31.2 Å². The number of ether oxygens (including phenoxy) is 2. The molecule has 0 heterocycles. The van der Waals surface area contributed by atoms with Gasteiger partial charge in [-0.2, -0.15) is 0 Å². The number of nitrogens with zero attached hydrogens (tertiary/aromatic N) is 1. The molecular weight excluding hydrogens is 350 g/mol. The summed E-state index contributed by atoms with van der Waals surface area (Å²) in [4.78, 5) is 25.2. The van der Waals surface area contributed by atoms with Gasteiger partial charge < -0.3 is 14.4 Å². The van der Waals surface area contributed by atoms with Crippen molar-refractivity contribution in [3.8, 4) is 5.75 Å². The molecule has 1 amide bonds. The molecule has 5 nitrogen and oxygen atoms in total. The number of amides is 1. The summed E-state index contributed by atoms with van der Waals surface area (Å²) < 4.78 is 11.2. The third kappa shape index (κ3) is 6.05. The van der Waals surface area contributed by atoms with Crippen LogP contribution in [0.15, 0.2) is 28.7 Å². The molecule has 122 valence electrons. The number of halogens is 1. The van der Waals surface area contributed by atoms with Gasteiger partial charge in [-0.1, -0.05) is 28.9 Å². The molecule has 1 unspecified atom stereocenters. The summed E-state index contributed by atoms with van der Waals surface area (Å²) in [5.74, 6) is 0.0398. The van der Waals surface area contributed by atoms with E-state index in [1.54, 1.807) is 11.8 Å². The highest BCUT2D eigenvalue weighted by Gasteiger charge is 2.20. The van der Waals surface area contributed by atoms with Crippen LogP contribution in [0.5, 0.6) is 5.75 Å². The zero-order chi connectivity index (χ0) is 16.5. The van der Waals surface area contributed by atoms with Crippen LogP contribution in [0.3, 0.4) is 0 Å². The van der Waals surface area contributed by atoms with Crippen LogP contribution in [-0.4, -0.2) is 43.6 Å². The van der Waals surface area contributed by atoms with E-state index in [1.165, 1.54) is 7.11 Å². The van der Waals surface area contributed by atoms with Crippen molar-refractivity contribution in [1.29, 1.82) is 0 Å². The highest BCUT2D eigenvalue weighted by atomic mass is 79.9. The molecule has 0 aliphatic carbocycles. The van der Waals surface area contributed by atoms with E-state index < -0.39 is 0 Å². The summed E-state index contributed by atoms with van der Waals surface area (Å²) in [7, 11) is 1.35. The summed E-state index contributed by atoms with van der Waals surface area (Å²) in [6.45, 7) is 4.85. The Morgan fingerprint density at radius 2 is 2.09 bits per heavy atom. The first kappa shape index (κ1) is 18.5. The van der Waals surface area contributed by atoms with Crippen molar-refractivity contribution in [3.63, 3.8) is 0 Å². The minimum Gasteiger partial charge on any atom is -0.493 e. The maximum absolute atomic E-state index is 12.2. The summed E-state index contributed by atoms with van der Waals surface area (Å²) >= 11 is 3.37. The quantitative estimate of drug-likeness (QED) is 0.659. The maximum Gasteiger partial charge on any atom is 0.310 e. The van der Waals surface area contributed by atoms with Crippen molar-refractivity contribution in [2.45, 2.75) is 20.3 Å². The largest absolute Gasteiger partial charge is 0.493 e. The van der Waals surface area contributed by atoms with Crippen LogP contribution in [-0.2, 0) is 14.3 Å². The average molecular weight is 372 g/mol. The van der Waals surface area contributed by atoms with E-state index in [2.05, 4.69) is 20.7 Å². The molecule has 0 aliphatic heterocycles. The molecule has 0 bridgehead atoms. The number of benzene rings is 1. The Bertz CT molecular complexity index is 507. The van der Waals surface area contributed by atoms with Crippen molar-refractivity contribution >= 4 is 27.8 Å². The van der Waals surface area contributed by atoms with Gasteiger partial charge in [-0.3, -0.25) is 9.59 Å². The lowest BCUT2D eigenvalue weighted by molar-refractivity contribution is -0.146. The smallest absolute Gasteiger partial charge is 0.310 e. The second-order valence-corrected chi connectivity index (χ2v) is 5.83. The predicted molar refractivity (Wildman–Crippen MR) is 87.7 cm³/mol. The molecule has 0 saturated carbocycles. The zero-order valence-electron chi connectivity index (χ0n) is 13.2. The second kappa shape index (κ2) is 9.46. The van der Waals surface area contributed by atoms with Gasteiger partial charge in [-0.05, 0) is 25.1 Å². The van der Waals surface area contributed by atoms with E-state index in [-0.39, 0.29) is 24.2 Å². The van der Waals surface area contributed by atoms with Crippen LogP contribution in [0.1, 0.15) is 20.3 Å². The summed E-state index contributed by atoms with van der Waals surface area (Å²) in [6, 6.07) is 7.47. The maximum atomic E-state index is 12.2. The summed E-state index contributed by atoms with van der Waals surface area (Å²) in [5, 5.41) is 0. The van der Waals surface area contributed by atoms with Crippen molar-refractivity contribution in [2.24, 2.45) is 5.92 Å². The Kier molecular flexibility index (Phi) is 7.95. The van der Waals surface area contributed by atoms with Crippen LogP contribution in [0.25, 0.3) is 0 Å². The third-order valence-corrected chi connectivity index (χ3v) is 3.71.